The topological polar surface area (TPSA) is 167 Å². The van der Waals surface area contributed by atoms with Crippen molar-refractivity contribution in [1.29, 1.82) is 0 Å². The van der Waals surface area contributed by atoms with Crippen LogP contribution in [0.25, 0.3) is 0 Å². The number of carbonyl (C=O) groups is 2. The number of hydrogen-bond donors (Lipinski definition) is 2. The Morgan fingerprint density at radius 1 is 0.902 bits per heavy atom. The molecule has 8 heterocycles. The third kappa shape index (κ3) is 9.31. The van der Waals surface area contributed by atoms with E-state index in [9.17, 15) is 19.8 Å². The van der Waals surface area contributed by atoms with Gasteiger partial charge < -0.3 is 57.6 Å². The second-order valence-electron chi connectivity index (χ2n) is 18.2. The normalized spacial score (nSPS) is 41.8. The van der Waals surface area contributed by atoms with Gasteiger partial charge in [-0.2, -0.15) is 0 Å². The van der Waals surface area contributed by atoms with Crippen LogP contribution in [0.3, 0.4) is 0 Å². The molecular formula is C47H64O14. The van der Waals surface area contributed by atoms with Crippen LogP contribution in [0.1, 0.15) is 87.9 Å². The number of benzene rings is 1. The SMILES string of the molecule is C=CCC1O[C@@H]2C3O[C@@H]4C[C@](CCC5CC(=C)C(CCC6CC(C)C(=C)C(CC7O[C@H](CC(O)CO)[C@H](OC)C7CC(=O)OC)O6)O5)(OC3C1OC(=O)c1ccccc1)OC24. The predicted octanol–water partition coefficient (Wildman–Crippen LogP) is 4.93. The highest BCUT2D eigenvalue weighted by Crippen LogP contribution is 2.53. The Kier molecular flexibility index (Phi) is 13.9. The van der Waals surface area contributed by atoms with Crippen LogP contribution < -0.4 is 0 Å². The number of rotatable bonds is 18. The summed E-state index contributed by atoms with van der Waals surface area (Å²) in [5, 5.41) is 19.7. The van der Waals surface area contributed by atoms with E-state index in [1.165, 1.54) is 7.11 Å². The molecule has 18 atom stereocenters. The zero-order valence-electron chi connectivity index (χ0n) is 35.7. The maximum absolute atomic E-state index is 13.3. The number of methoxy groups -OCH3 is 2. The summed E-state index contributed by atoms with van der Waals surface area (Å²) in [4.78, 5) is 25.8. The van der Waals surface area contributed by atoms with Crippen LogP contribution in [0.5, 0.6) is 0 Å². The molecule has 61 heavy (non-hydrogen) atoms. The number of aliphatic hydroxyl groups excluding tert-OH is 2. The number of ether oxygens (including phenoxy) is 10. The molecule has 0 radical (unpaired) electrons. The third-order valence-corrected chi connectivity index (χ3v) is 14.2. The molecule has 1 aromatic carbocycles. The van der Waals surface area contributed by atoms with E-state index in [1.54, 1.807) is 37.5 Å². The van der Waals surface area contributed by atoms with E-state index in [4.69, 9.17) is 47.4 Å². The van der Waals surface area contributed by atoms with Crippen LogP contribution in [0.15, 0.2) is 67.3 Å². The Hall–Kier alpha value is -3.02. The van der Waals surface area contributed by atoms with Gasteiger partial charge in [-0.1, -0.05) is 44.4 Å². The molecule has 6 bridgehead atoms. The third-order valence-electron chi connectivity index (χ3n) is 14.2. The van der Waals surface area contributed by atoms with Crippen LogP contribution in [-0.4, -0.2) is 140 Å². The molecule has 9 rings (SSSR count). The summed E-state index contributed by atoms with van der Waals surface area (Å²) in [7, 11) is 2.93. The molecule has 14 nitrogen and oxygen atoms in total. The second-order valence-corrected chi connectivity index (χ2v) is 18.2. The van der Waals surface area contributed by atoms with Gasteiger partial charge in [-0.3, -0.25) is 4.79 Å². The maximum Gasteiger partial charge on any atom is 0.338 e. The fourth-order valence-electron chi connectivity index (χ4n) is 11.0. The lowest BCUT2D eigenvalue weighted by Crippen LogP contribution is -2.59. The van der Waals surface area contributed by atoms with Gasteiger partial charge in [0.2, 0.25) is 0 Å². The molecule has 0 aromatic heterocycles. The van der Waals surface area contributed by atoms with Gasteiger partial charge in [0.05, 0.1) is 80.6 Å². The average Bonchev–Trinajstić information content (AvgIpc) is 3.94. The fourth-order valence-corrected chi connectivity index (χ4v) is 11.0. The smallest absolute Gasteiger partial charge is 0.338 e. The number of carbonyl (C=O) groups excluding carboxylic acids is 2. The Bertz CT molecular complexity index is 1740. The summed E-state index contributed by atoms with van der Waals surface area (Å²) in [6, 6.07) is 8.92. The molecule has 1 aromatic rings. The minimum Gasteiger partial charge on any atom is -0.469 e. The lowest BCUT2D eigenvalue weighted by Gasteiger charge is -2.43. The van der Waals surface area contributed by atoms with Gasteiger partial charge in [0.25, 0.3) is 0 Å². The molecule has 13 unspecified atom stereocenters. The Labute approximate surface area is 358 Å². The summed E-state index contributed by atoms with van der Waals surface area (Å²) in [5.41, 5.74) is 2.49. The lowest BCUT2D eigenvalue weighted by atomic mass is 9.82. The summed E-state index contributed by atoms with van der Waals surface area (Å²) in [6.07, 6.45) is 2.09. The summed E-state index contributed by atoms with van der Waals surface area (Å²) in [5.74, 6) is -1.86. The quantitative estimate of drug-likeness (QED) is 0.151. The van der Waals surface area contributed by atoms with Crippen molar-refractivity contribution in [2.75, 3.05) is 20.8 Å². The van der Waals surface area contributed by atoms with Gasteiger partial charge in [0.15, 0.2) is 11.9 Å². The largest absolute Gasteiger partial charge is 0.469 e. The first kappa shape index (κ1) is 44.6. The first-order valence-electron chi connectivity index (χ1n) is 22.2. The van der Waals surface area contributed by atoms with E-state index in [2.05, 4.69) is 26.7 Å². The van der Waals surface area contributed by atoms with E-state index >= 15 is 0 Å². The molecule has 8 fully saturated rings. The average molecular weight is 853 g/mol. The van der Waals surface area contributed by atoms with Gasteiger partial charge in [-0.05, 0) is 67.7 Å². The highest BCUT2D eigenvalue weighted by atomic mass is 16.8. The van der Waals surface area contributed by atoms with E-state index < -0.39 is 67.2 Å². The lowest BCUT2D eigenvalue weighted by molar-refractivity contribution is -0.272. The molecule has 8 saturated heterocycles. The van der Waals surface area contributed by atoms with Crippen LogP contribution >= 0.6 is 0 Å². The van der Waals surface area contributed by atoms with Crippen molar-refractivity contribution in [3.05, 3.63) is 72.9 Å². The molecule has 0 aliphatic carbocycles. The van der Waals surface area contributed by atoms with Gasteiger partial charge >= 0.3 is 11.9 Å². The Morgan fingerprint density at radius 2 is 1.66 bits per heavy atom. The maximum atomic E-state index is 13.3. The zero-order chi connectivity index (χ0) is 43.0. The van der Waals surface area contributed by atoms with Gasteiger partial charge in [-0.25, -0.2) is 4.79 Å². The Balaban J connectivity index is 0.870. The fraction of sp³-hybridized carbons (Fsp3) is 0.702. The van der Waals surface area contributed by atoms with Crippen LogP contribution in [-0.2, 0) is 52.2 Å². The highest BCUT2D eigenvalue weighted by Gasteiger charge is 2.68. The second kappa shape index (κ2) is 19.0. The Morgan fingerprint density at radius 3 is 2.39 bits per heavy atom. The van der Waals surface area contributed by atoms with Crippen molar-refractivity contribution in [2.45, 2.75) is 175 Å². The van der Waals surface area contributed by atoms with E-state index in [-0.39, 0.29) is 73.4 Å². The first-order valence-corrected chi connectivity index (χ1v) is 22.2. The first-order chi connectivity index (χ1) is 29.4. The molecule has 336 valence electrons. The molecule has 14 heteroatoms. The van der Waals surface area contributed by atoms with Gasteiger partial charge in [0.1, 0.15) is 30.5 Å². The standard InChI is InChI=1S/C47H64O14/c1-7-11-34-41(59-46(51)28-12-9-8-10-13-28)45-44-43(57-34)42-38(58-44)23-47(60-42,61-45)17-16-31-19-26(3)33(54-31)15-14-30-18-25(2)27(4)35(55-30)22-36-32(21-39(50)52-5)40(53-6)37(56-36)20-29(49)24-48/h7-10,12-13,25,29-38,40-45,48-49H,1,3-4,11,14-24H2,2,5-6H3/t25?,29?,30?,31?,32?,33?,34?,35?,36?,37-,38-,40-,41?,42?,43+,44?,45?,47+/m1/s1. The zero-order valence-corrected chi connectivity index (χ0v) is 35.7. The number of aliphatic hydroxyl groups is 2. The van der Waals surface area contributed by atoms with Gasteiger partial charge in [-0.15, -0.1) is 6.58 Å². The molecule has 0 spiro atoms. The van der Waals surface area contributed by atoms with Crippen LogP contribution in [0.4, 0.5) is 0 Å². The van der Waals surface area contributed by atoms with E-state index in [1.807, 2.05) is 6.07 Å². The van der Waals surface area contributed by atoms with Crippen molar-refractivity contribution in [3.8, 4) is 0 Å². The molecule has 0 amide bonds. The van der Waals surface area contributed by atoms with Crippen molar-refractivity contribution in [1.82, 2.24) is 0 Å². The van der Waals surface area contributed by atoms with Crippen LogP contribution in [0, 0.1) is 11.8 Å². The summed E-state index contributed by atoms with van der Waals surface area (Å²) >= 11 is 0. The van der Waals surface area contributed by atoms with E-state index in [0.717, 1.165) is 36.8 Å². The highest BCUT2D eigenvalue weighted by molar-refractivity contribution is 5.89. The van der Waals surface area contributed by atoms with Crippen molar-refractivity contribution >= 4 is 11.9 Å². The number of esters is 2. The van der Waals surface area contributed by atoms with Crippen LogP contribution in [0.2, 0.25) is 0 Å². The van der Waals surface area contributed by atoms with Crippen molar-refractivity contribution in [3.63, 3.8) is 0 Å². The monoisotopic (exact) mass is 852 g/mol. The predicted molar refractivity (Wildman–Crippen MR) is 219 cm³/mol. The molecule has 2 N–H and O–H groups in total. The molecular weight excluding hydrogens is 789 g/mol. The summed E-state index contributed by atoms with van der Waals surface area (Å²) in [6.45, 7) is 14.5. The van der Waals surface area contributed by atoms with Crippen molar-refractivity contribution < 1.29 is 67.2 Å². The van der Waals surface area contributed by atoms with E-state index in [0.29, 0.717) is 37.7 Å². The molecule has 8 aliphatic heterocycles. The molecule has 0 saturated carbocycles. The molecule has 8 aliphatic rings. The minimum atomic E-state index is -0.970. The number of hydrogen-bond acceptors (Lipinski definition) is 14. The van der Waals surface area contributed by atoms with Crippen molar-refractivity contribution in [2.24, 2.45) is 11.8 Å². The minimum absolute atomic E-state index is 0.0457. The summed E-state index contributed by atoms with van der Waals surface area (Å²) < 4.78 is 63.6. The van der Waals surface area contributed by atoms with Gasteiger partial charge in [0, 0.05) is 38.7 Å².